The van der Waals surface area contributed by atoms with Gasteiger partial charge in [0, 0.05) is 18.6 Å². The summed E-state index contributed by atoms with van der Waals surface area (Å²) in [6.07, 6.45) is 6.70. The highest BCUT2D eigenvalue weighted by atomic mass is 127. The Morgan fingerprint density at radius 2 is 2.38 bits per heavy atom. The summed E-state index contributed by atoms with van der Waals surface area (Å²) in [5, 5.41) is 0. The van der Waals surface area contributed by atoms with Gasteiger partial charge in [-0.05, 0) is 22.6 Å². The molecule has 0 aliphatic heterocycles. The molecule has 0 amide bonds. The van der Waals surface area contributed by atoms with E-state index in [2.05, 4.69) is 4.98 Å². The fourth-order valence-corrected chi connectivity index (χ4v) is 1.40. The Labute approximate surface area is 94.6 Å². The number of nitrogens with zero attached hydrogens (tertiary/aromatic N) is 2. The number of allylic oxidation sites excluding steroid dienone is 2. The van der Waals surface area contributed by atoms with Crippen LogP contribution in [0, 0.1) is 3.57 Å². The van der Waals surface area contributed by atoms with E-state index in [-0.39, 0.29) is 5.56 Å². The zero-order valence-electron chi connectivity index (χ0n) is 6.78. The predicted molar refractivity (Wildman–Crippen MR) is 61.1 cm³/mol. The van der Waals surface area contributed by atoms with E-state index in [0.29, 0.717) is 16.0 Å². The molecule has 1 rings (SSSR count). The lowest BCUT2D eigenvalue weighted by Gasteiger charge is -1.99. The lowest BCUT2D eigenvalue weighted by Crippen LogP contribution is -2.21. The van der Waals surface area contributed by atoms with Gasteiger partial charge >= 0.3 is 0 Å². The molecule has 0 spiro atoms. The lowest BCUT2D eigenvalue weighted by molar-refractivity contribution is 0.746. The van der Waals surface area contributed by atoms with Crippen LogP contribution < -0.4 is 5.56 Å². The van der Waals surface area contributed by atoms with E-state index < -0.39 is 0 Å². The summed E-state index contributed by atoms with van der Waals surface area (Å²) >= 11 is 7.41. The normalized spacial score (nSPS) is 10.9. The number of rotatable bonds is 3. The van der Waals surface area contributed by atoms with Crippen molar-refractivity contribution >= 4 is 34.2 Å². The molecule has 0 aliphatic rings. The van der Waals surface area contributed by atoms with E-state index >= 15 is 0 Å². The third-order valence-electron chi connectivity index (χ3n) is 1.42. The Balaban J connectivity index is 2.84. The SMILES string of the molecule is O=c1c(I)cncn1CC=CCCl. The van der Waals surface area contributed by atoms with Crippen molar-refractivity contribution < 1.29 is 0 Å². The van der Waals surface area contributed by atoms with Crippen molar-refractivity contribution in [2.45, 2.75) is 6.54 Å². The molecule has 0 fully saturated rings. The van der Waals surface area contributed by atoms with Gasteiger partial charge in [-0.15, -0.1) is 11.6 Å². The summed E-state index contributed by atoms with van der Waals surface area (Å²) in [6.45, 7) is 0.523. The third-order valence-corrected chi connectivity index (χ3v) is 2.34. The van der Waals surface area contributed by atoms with Crippen LogP contribution >= 0.6 is 34.2 Å². The molecular weight excluding hydrogens is 302 g/mol. The van der Waals surface area contributed by atoms with Gasteiger partial charge in [0.1, 0.15) is 0 Å². The van der Waals surface area contributed by atoms with E-state index in [0.717, 1.165) is 0 Å². The zero-order valence-corrected chi connectivity index (χ0v) is 9.70. The first-order valence-corrected chi connectivity index (χ1v) is 5.28. The van der Waals surface area contributed by atoms with E-state index in [1.807, 2.05) is 28.7 Å². The van der Waals surface area contributed by atoms with Gasteiger partial charge in [0.2, 0.25) is 0 Å². The van der Waals surface area contributed by atoms with Gasteiger partial charge in [0.05, 0.1) is 9.90 Å². The largest absolute Gasteiger partial charge is 0.294 e. The van der Waals surface area contributed by atoms with Crippen LogP contribution in [-0.2, 0) is 6.54 Å². The second-order valence-electron chi connectivity index (χ2n) is 2.32. The van der Waals surface area contributed by atoms with Crippen LogP contribution in [-0.4, -0.2) is 15.4 Å². The maximum absolute atomic E-state index is 11.4. The molecule has 3 nitrogen and oxygen atoms in total. The van der Waals surface area contributed by atoms with Crippen molar-refractivity contribution in [3.63, 3.8) is 0 Å². The van der Waals surface area contributed by atoms with Gasteiger partial charge in [-0.2, -0.15) is 0 Å². The van der Waals surface area contributed by atoms with Crippen LogP contribution in [0.25, 0.3) is 0 Å². The highest BCUT2D eigenvalue weighted by Gasteiger charge is 1.97. The Kier molecular flexibility index (Phi) is 4.44. The zero-order chi connectivity index (χ0) is 9.68. The summed E-state index contributed by atoms with van der Waals surface area (Å²) in [4.78, 5) is 15.3. The van der Waals surface area contributed by atoms with Crippen molar-refractivity contribution in [3.8, 4) is 0 Å². The Hall–Kier alpha value is -0.360. The topological polar surface area (TPSA) is 34.9 Å². The predicted octanol–water partition coefficient (Wildman–Crippen LogP) is 1.64. The van der Waals surface area contributed by atoms with Crippen LogP contribution in [0.1, 0.15) is 0 Å². The number of halogens is 2. The van der Waals surface area contributed by atoms with Crippen molar-refractivity contribution in [2.24, 2.45) is 0 Å². The van der Waals surface area contributed by atoms with E-state index in [1.54, 1.807) is 12.3 Å². The molecule has 0 saturated carbocycles. The van der Waals surface area contributed by atoms with Gasteiger partial charge in [-0.25, -0.2) is 4.98 Å². The second-order valence-corrected chi connectivity index (χ2v) is 3.80. The highest BCUT2D eigenvalue weighted by Crippen LogP contribution is 1.93. The molecule has 0 saturated heterocycles. The van der Waals surface area contributed by atoms with Gasteiger partial charge in [-0.3, -0.25) is 9.36 Å². The van der Waals surface area contributed by atoms with Crippen LogP contribution in [0.2, 0.25) is 0 Å². The molecule has 1 heterocycles. The van der Waals surface area contributed by atoms with E-state index in [4.69, 9.17) is 11.6 Å². The van der Waals surface area contributed by atoms with Crippen molar-refractivity contribution in [1.82, 2.24) is 9.55 Å². The summed E-state index contributed by atoms with van der Waals surface area (Å²) in [5.41, 5.74) is -0.0187. The Bertz CT molecular complexity index is 361. The minimum absolute atomic E-state index is 0.0187. The summed E-state index contributed by atoms with van der Waals surface area (Å²) in [7, 11) is 0. The molecule has 5 heteroatoms. The number of alkyl halides is 1. The summed E-state index contributed by atoms with van der Waals surface area (Å²) in [5.74, 6) is 0.464. The standard InChI is InChI=1S/C8H8ClIN2O/c9-3-1-2-4-12-6-11-5-7(10)8(12)13/h1-2,5-6H,3-4H2. The fraction of sp³-hybridized carbons (Fsp3) is 0.250. The summed E-state index contributed by atoms with van der Waals surface area (Å²) < 4.78 is 2.16. The van der Waals surface area contributed by atoms with Gasteiger partial charge in [-0.1, -0.05) is 12.2 Å². The average molecular weight is 311 g/mol. The van der Waals surface area contributed by atoms with Gasteiger partial charge in [0.25, 0.3) is 5.56 Å². The minimum Gasteiger partial charge on any atom is -0.294 e. The fourth-order valence-electron chi connectivity index (χ4n) is 0.805. The van der Waals surface area contributed by atoms with E-state index in [9.17, 15) is 4.79 Å². The van der Waals surface area contributed by atoms with Crippen LogP contribution in [0.4, 0.5) is 0 Å². The highest BCUT2D eigenvalue weighted by molar-refractivity contribution is 14.1. The molecule has 0 aromatic carbocycles. The molecule has 1 aromatic heterocycles. The second kappa shape index (κ2) is 5.39. The monoisotopic (exact) mass is 310 g/mol. The third kappa shape index (κ3) is 3.11. The molecule has 0 N–H and O–H groups in total. The lowest BCUT2D eigenvalue weighted by atomic mass is 10.5. The molecule has 13 heavy (non-hydrogen) atoms. The molecule has 0 bridgehead atoms. The average Bonchev–Trinajstić information content (AvgIpc) is 2.13. The maximum Gasteiger partial charge on any atom is 0.267 e. The van der Waals surface area contributed by atoms with Crippen LogP contribution in [0.15, 0.2) is 29.5 Å². The molecule has 0 unspecified atom stereocenters. The van der Waals surface area contributed by atoms with Crippen molar-refractivity contribution in [2.75, 3.05) is 5.88 Å². The number of aromatic nitrogens is 2. The minimum atomic E-state index is -0.0187. The molecular formula is C8H8ClIN2O. The van der Waals surface area contributed by atoms with Crippen molar-refractivity contribution in [3.05, 3.63) is 38.6 Å². The number of hydrogen-bond donors (Lipinski definition) is 0. The van der Waals surface area contributed by atoms with Gasteiger partial charge in [0.15, 0.2) is 0 Å². The first-order valence-electron chi connectivity index (χ1n) is 3.66. The molecule has 0 radical (unpaired) electrons. The smallest absolute Gasteiger partial charge is 0.267 e. The maximum atomic E-state index is 11.4. The molecule has 70 valence electrons. The quantitative estimate of drug-likeness (QED) is 0.483. The Morgan fingerprint density at radius 1 is 1.62 bits per heavy atom. The first kappa shape index (κ1) is 10.7. The first-order chi connectivity index (χ1) is 6.25. The van der Waals surface area contributed by atoms with E-state index in [1.165, 1.54) is 10.9 Å². The molecule has 1 aromatic rings. The number of hydrogen-bond acceptors (Lipinski definition) is 2. The van der Waals surface area contributed by atoms with Gasteiger partial charge < -0.3 is 0 Å². The van der Waals surface area contributed by atoms with Crippen LogP contribution in [0.5, 0.6) is 0 Å². The Morgan fingerprint density at radius 3 is 3.08 bits per heavy atom. The van der Waals surface area contributed by atoms with Crippen molar-refractivity contribution in [1.29, 1.82) is 0 Å². The summed E-state index contributed by atoms with van der Waals surface area (Å²) in [6, 6.07) is 0. The molecule has 0 atom stereocenters. The van der Waals surface area contributed by atoms with Crippen LogP contribution in [0.3, 0.4) is 0 Å². The molecule has 0 aliphatic carbocycles.